The predicted octanol–water partition coefficient (Wildman–Crippen LogP) is 2.96. The van der Waals surface area contributed by atoms with Gasteiger partial charge in [-0.1, -0.05) is 18.2 Å². The Bertz CT molecular complexity index is 1130. The monoisotopic (exact) mass is 569 g/mol. The zero-order chi connectivity index (χ0) is 29.1. The van der Waals surface area contributed by atoms with Crippen LogP contribution in [-0.4, -0.2) is 62.5 Å². The summed E-state index contributed by atoms with van der Waals surface area (Å²) in [5, 5.41) is 19.3. The van der Waals surface area contributed by atoms with Gasteiger partial charge in [0.1, 0.15) is 11.6 Å². The molecule has 3 atom stereocenters. The average Bonchev–Trinajstić information content (AvgIpc) is 2.89. The number of rotatable bonds is 7. The first-order valence-corrected chi connectivity index (χ1v) is 13.1. The van der Waals surface area contributed by atoms with Crippen molar-refractivity contribution in [2.45, 2.75) is 50.6 Å². The second kappa shape index (κ2) is 15.0. The summed E-state index contributed by atoms with van der Waals surface area (Å²) in [5.41, 5.74) is 0.0537. The molecule has 0 aliphatic carbocycles. The lowest BCUT2D eigenvalue weighted by Crippen LogP contribution is -2.48. The minimum absolute atomic E-state index is 0.0416. The molecule has 1 heterocycles. The maximum absolute atomic E-state index is 14.4. The van der Waals surface area contributed by atoms with E-state index < -0.39 is 35.6 Å². The van der Waals surface area contributed by atoms with E-state index in [0.29, 0.717) is 30.7 Å². The van der Waals surface area contributed by atoms with Gasteiger partial charge < -0.3 is 30.5 Å². The van der Waals surface area contributed by atoms with E-state index in [9.17, 15) is 32.3 Å². The third kappa shape index (κ3) is 10.4. The van der Waals surface area contributed by atoms with Crippen molar-refractivity contribution in [2.24, 2.45) is 5.92 Å². The molecule has 2 aromatic rings. The Hall–Kier alpha value is -3.22. The summed E-state index contributed by atoms with van der Waals surface area (Å²) in [6, 6.07) is 8.08. The Morgan fingerprint density at radius 1 is 1.15 bits per heavy atom. The highest BCUT2D eigenvalue weighted by Crippen LogP contribution is 2.29. The molecule has 0 saturated heterocycles. The van der Waals surface area contributed by atoms with Crippen molar-refractivity contribution in [2.75, 3.05) is 33.4 Å². The van der Waals surface area contributed by atoms with Gasteiger partial charge in [0.2, 0.25) is 11.8 Å². The van der Waals surface area contributed by atoms with Crippen molar-refractivity contribution in [3.63, 3.8) is 0 Å². The molecule has 8 nitrogen and oxygen atoms in total. The molecule has 2 aromatic carbocycles. The van der Waals surface area contributed by atoms with Gasteiger partial charge in [0.25, 0.3) is 0 Å². The van der Waals surface area contributed by atoms with E-state index in [1.807, 2.05) is 0 Å². The molecule has 40 heavy (non-hydrogen) atoms. The number of amides is 2. The quantitative estimate of drug-likeness (QED) is 0.382. The molecule has 4 N–H and O–H groups in total. The van der Waals surface area contributed by atoms with Gasteiger partial charge in [-0.2, -0.15) is 13.2 Å². The van der Waals surface area contributed by atoms with Gasteiger partial charge in [0, 0.05) is 51.6 Å². The Morgan fingerprint density at radius 3 is 2.67 bits per heavy atom. The maximum atomic E-state index is 14.4. The van der Waals surface area contributed by atoms with Crippen molar-refractivity contribution in [3.05, 3.63) is 65.0 Å². The van der Waals surface area contributed by atoms with Gasteiger partial charge in [-0.25, -0.2) is 4.39 Å². The molecule has 1 aliphatic rings. The number of halogens is 4. The summed E-state index contributed by atoms with van der Waals surface area (Å²) in [6.07, 6.45) is -5.22. The number of aliphatic hydroxyl groups is 1. The van der Waals surface area contributed by atoms with Gasteiger partial charge >= 0.3 is 6.18 Å². The fourth-order valence-electron chi connectivity index (χ4n) is 4.40. The van der Waals surface area contributed by atoms with E-state index in [-0.39, 0.29) is 56.5 Å². The lowest BCUT2D eigenvalue weighted by Gasteiger charge is -2.25. The number of alkyl halides is 3. The molecule has 2 amide bonds. The highest BCUT2D eigenvalue weighted by molar-refractivity contribution is 5.83. The van der Waals surface area contributed by atoms with Crippen LogP contribution in [0.5, 0.6) is 5.75 Å². The second-order valence-electron chi connectivity index (χ2n) is 9.84. The van der Waals surface area contributed by atoms with E-state index in [2.05, 4.69) is 16.0 Å². The van der Waals surface area contributed by atoms with E-state index in [0.717, 1.165) is 12.1 Å². The molecule has 0 fully saturated rings. The molecule has 0 spiro atoms. The molecule has 0 saturated carbocycles. The zero-order valence-electron chi connectivity index (χ0n) is 22.2. The number of hydrogen-bond acceptors (Lipinski definition) is 6. The topological polar surface area (TPSA) is 109 Å². The summed E-state index contributed by atoms with van der Waals surface area (Å²) < 4.78 is 64.5. The number of carbonyl (C=O) groups excluding carboxylic acids is 2. The molecule has 3 rings (SSSR count). The standard InChI is InChI=1S/C28H35F4N3O5/c1-39-16-19-7-8-34-26(37)5-6-27(38)35-24(12-20-10-22(29)13-23(11-20)40-17-19)25(36)15-33-14-18-3-2-4-21(9-18)28(30,31)32/h2-4,9-11,13,19,24-25,33,36H,5-8,12,14-17H2,1H3,(H,34,37)(H,35,38)/t19?,24-,25+/m0/s1. The van der Waals surface area contributed by atoms with Gasteiger partial charge in [-0.05, 0) is 42.2 Å². The van der Waals surface area contributed by atoms with Crippen LogP contribution >= 0.6 is 0 Å². The first-order chi connectivity index (χ1) is 19.0. The third-order valence-electron chi connectivity index (χ3n) is 6.48. The van der Waals surface area contributed by atoms with Crippen molar-refractivity contribution >= 4 is 11.8 Å². The van der Waals surface area contributed by atoms with Crippen LogP contribution in [0.25, 0.3) is 0 Å². The van der Waals surface area contributed by atoms with Crippen LogP contribution in [0.4, 0.5) is 17.6 Å². The highest BCUT2D eigenvalue weighted by Gasteiger charge is 2.30. The van der Waals surface area contributed by atoms with Crippen LogP contribution in [0, 0.1) is 11.7 Å². The van der Waals surface area contributed by atoms with Crippen molar-refractivity contribution in [1.82, 2.24) is 16.0 Å². The van der Waals surface area contributed by atoms with E-state index in [1.54, 1.807) is 13.2 Å². The normalized spacial score (nSPS) is 20.2. The van der Waals surface area contributed by atoms with Crippen LogP contribution in [0.1, 0.15) is 36.0 Å². The Kier molecular flexibility index (Phi) is 11.7. The number of nitrogens with one attached hydrogen (secondary N) is 3. The van der Waals surface area contributed by atoms with E-state index >= 15 is 0 Å². The lowest BCUT2D eigenvalue weighted by atomic mass is 10.00. The first kappa shape index (κ1) is 31.3. The number of aliphatic hydroxyl groups excluding tert-OH is 1. The van der Waals surface area contributed by atoms with Crippen LogP contribution in [-0.2, 0) is 33.5 Å². The number of fused-ring (bicyclic) bond motifs is 2. The molecule has 0 aromatic heterocycles. The van der Waals surface area contributed by atoms with Gasteiger partial charge in [0.05, 0.1) is 30.9 Å². The van der Waals surface area contributed by atoms with Crippen molar-refractivity contribution in [1.29, 1.82) is 0 Å². The fraction of sp³-hybridized carbons (Fsp3) is 0.500. The minimum atomic E-state index is -4.47. The number of benzene rings is 2. The van der Waals surface area contributed by atoms with Gasteiger partial charge in [0.15, 0.2) is 0 Å². The number of hydrogen-bond donors (Lipinski definition) is 4. The Balaban J connectivity index is 1.73. The number of ether oxygens (including phenoxy) is 2. The van der Waals surface area contributed by atoms with Crippen molar-refractivity contribution < 1.29 is 41.7 Å². The maximum Gasteiger partial charge on any atom is 0.416 e. The number of carbonyl (C=O) groups is 2. The van der Waals surface area contributed by atoms with Crippen LogP contribution in [0.2, 0.25) is 0 Å². The highest BCUT2D eigenvalue weighted by atomic mass is 19.4. The van der Waals surface area contributed by atoms with Crippen LogP contribution in [0.15, 0.2) is 42.5 Å². The first-order valence-electron chi connectivity index (χ1n) is 13.1. The number of methoxy groups -OCH3 is 1. The SMILES string of the molecule is COCC1CCNC(=O)CCC(=O)N[C@H]([C@H](O)CNCc2cccc(C(F)(F)F)c2)Cc2cc(F)cc(c2)OC1. The molecule has 1 aliphatic heterocycles. The molecule has 220 valence electrons. The van der Waals surface area contributed by atoms with Crippen LogP contribution < -0.4 is 20.7 Å². The Morgan fingerprint density at radius 2 is 1.93 bits per heavy atom. The smallest absolute Gasteiger partial charge is 0.416 e. The minimum Gasteiger partial charge on any atom is -0.493 e. The molecule has 1 unspecified atom stereocenters. The summed E-state index contributed by atoms with van der Waals surface area (Å²) >= 11 is 0. The molecular weight excluding hydrogens is 534 g/mol. The van der Waals surface area contributed by atoms with Crippen molar-refractivity contribution in [3.8, 4) is 5.75 Å². The van der Waals surface area contributed by atoms with E-state index in [4.69, 9.17) is 9.47 Å². The zero-order valence-corrected chi connectivity index (χ0v) is 22.2. The van der Waals surface area contributed by atoms with Gasteiger partial charge in [-0.3, -0.25) is 9.59 Å². The molecule has 2 bridgehead atoms. The molecule has 12 heteroatoms. The largest absolute Gasteiger partial charge is 0.493 e. The summed E-state index contributed by atoms with van der Waals surface area (Å²) in [5.74, 6) is -1.12. The fourth-order valence-corrected chi connectivity index (χ4v) is 4.40. The van der Waals surface area contributed by atoms with Gasteiger partial charge in [-0.15, -0.1) is 0 Å². The summed E-state index contributed by atoms with van der Waals surface area (Å²) in [4.78, 5) is 24.9. The third-order valence-corrected chi connectivity index (χ3v) is 6.48. The molecule has 0 radical (unpaired) electrons. The Labute approximate surface area is 230 Å². The van der Waals surface area contributed by atoms with Crippen LogP contribution in [0.3, 0.4) is 0 Å². The summed E-state index contributed by atoms with van der Waals surface area (Å²) in [6.45, 7) is 0.934. The average molecular weight is 570 g/mol. The second-order valence-corrected chi connectivity index (χ2v) is 9.84. The lowest BCUT2D eigenvalue weighted by molar-refractivity contribution is -0.137. The van der Waals surface area contributed by atoms with E-state index in [1.165, 1.54) is 24.3 Å². The summed E-state index contributed by atoms with van der Waals surface area (Å²) in [7, 11) is 1.55. The predicted molar refractivity (Wildman–Crippen MR) is 139 cm³/mol. The molecular formula is C28H35F4N3O5.